The first-order chi connectivity index (χ1) is 13.3. The number of nitrogens with zero attached hydrogens (tertiary/aromatic N) is 3. The molecule has 0 radical (unpaired) electrons. The van der Waals surface area contributed by atoms with E-state index in [0.717, 1.165) is 22.3 Å². The summed E-state index contributed by atoms with van der Waals surface area (Å²) in [6.07, 6.45) is 0. The molecule has 0 fully saturated rings. The molecule has 146 valence electrons. The van der Waals surface area contributed by atoms with Crippen molar-refractivity contribution >= 4 is 17.5 Å². The minimum absolute atomic E-state index is 0.0479. The number of ether oxygens (including phenoxy) is 1. The lowest BCUT2D eigenvalue weighted by molar-refractivity contribution is 0.102. The van der Waals surface area contributed by atoms with Crippen LogP contribution >= 0.6 is 11.8 Å². The first-order valence-electron chi connectivity index (χ1n) is 9.10. The predicted octanol–water partition coefficient (Wildman–Crippen LogP) is 4.76. The smallest absolute Gasteiger partial charge is 0.191 e. The van der Waals surface area contributed by atoms with E-state index in [1.165, 1.54) is 17.3 Å². The Morgan fingerprint density at radius 1 is 1.04 bits per heavy atom. The molecule has 0 atom stereocenters. The highest BCUT2D eigenvalue weighted by molar-refractivity contribution is 7.99. The van der Waals surface area contributed by atoms with Crippen molar-refractivity contribution in [3.8, 4) is 17.1 Å². The van der Waals surface area contributed by atoms with Gasteiger partial charge in [0.15, 0.2) is 16.8 Å². The number of Topliss-reactive ketones (excluding diaryl/α,β-unsaturated/α-hetero) is 1. The van der Waals surface area contributed by atoms with Crippen LogP contribution in [-0.2, 0) is 12.5 Å². The molecule has 0 aliphatic heterocycles. The average molecular weight is 396 g/mol. The van der Waals surface area contributed by atoms with E-state index < -0.39 is 0 Å². The van der Waals surface area contributed by atoms with Crippen molar-refractivity contribution in [1.82, 2.24) is 14.8 Å². The van der Waals surface area contributed by atoms with Crippen LogP contribution in [0.3, 0.4) is 0 Å². The maximum Gasteiger partial charge on any atom is 0.191 e. The van der Waals surface area contributed by atoms with E-state index in [9.17, 15) is 4.79 Å². The average Bonchev–Trinajstić information content (AvgIpc) is 3.06. The van der Waals surface area contributed by atoms with Crippen LogP contribution in [0.5, 0.6) is 5.75 Å². The summed E-state index contributed by atoms with van der Waals surface area (Å²) in [6, 6.07) is 15.5. The van der Waals surface area contributed by atoms with Gasteiger partial charge in [0, 0.05) is 18.2 Å². The predicted molar refractivity (Wildman–Crippen MR) is 113 cm³/mol. The van der Waals surface area contributed by atoms with Crippen LogP contribution in [0.2, 0.25) is 0 Å². The molecule has 0 unspecified atom stereocenters. The fourth-order valence-electron chi connectivity index (χ4n) is 2.80. The number of aromatic nitrogens is 3. The lowest BCUT2D eigenvalue weighted by Crippen LogP contribution is -2.10. The molecule has 5 nitrogen and oxygen atoms in total. The SMILES string of the molecule is COc1ccc(C(=O)CSc2nnc(-c3ccc(C(C)(C)C)cc3)n2C)cc1. The van der Waals surface area contributed by atoms with Gasteiger partial charge >= 0.3 is 0 Å². The van der Waals surface area contributed by atoms with E-state index >= 15 is 0 Å². The normalized spacial score (nSPS) is 11.5. The topological polar surface area (TPSA) is 57.0 Å². The summed E-state index contributed by atoms with van der Waals surface area (Å²) in [7, 11) is 3.53. The van der Waals surface area contributed by atoms with Crippen molar-refractivity contribution in [3.05, 3.63) is 59.7 Å². The molecule has 2 aromatic carbocycles. The van der Waals surface area contributed by atoms with Gasteiger partial charge in [-0.1, -0.05) is 56.8 Å². The molecule has 3 aromatic rings. The van der Waals surface area contributed by atoms with Crippen molar-refractivity contribution in [2.24, 2.45) is 7.05 Å². The number of carbonyl (C=O) groups is 1. The first kappa shape index (κ1) is 20.1. The van der Waals surface area contributed by atoms with Crippen molar-refractivity contribution in [2.45, 2.75) is 31.3 Å². The third-order valence-electron chi connectivity index (χ3n) is 4.59. The molecule has 1 aromatic heterocycles. The number of benzene rings is 2. The molecule has 28 heavy (non-hydrogen) atoms. The van der Waals surface area contributed by atoms with Crippen molar-refractivity contribution in [1.29, 1.82) is 0 Å². The van der Waals surface area contributed by atoms with Gasteiger partial charge in [-0.15, -0.1) is 10.2 Å². The zero-order valence-corrected chi connectivity index (χ0v) is 17.7. The second-order valence-electron chi connectivity index (χ2n) is 7.63. The number of hydrogen-bond donors (Lipinski definition) is 0. The lowest BCUT2D eigenvalue weighted by atomic mass is 9.87. The van der Waals surface area contributed by atoms with Gasteiger partial charge in [-0.2, -0.15) is 0 Å². The van der Waals surface area contributed by atoms with Crippen molar-refractivity contribution in [2.75, 3.05) is 12.9 Å². The minimum Gasteiger partial charge on any atom is -0.497 e. The largest absolute Gasteiger partial charge is 0.497 e. The zero-order chi connectivity index (χ0) is 20.3. The zero-order valence-electron chi connectivity index (χ0n) is 16.9. The summed E-state index contributed by atoms with van der Waals surface area (Å²) in [5.41, 5.74) is 3.06. The summed E-state index contributed by atoms with van der Waals surface area (Å²) in [5.74, 6) is 1.88. The highest BCUT2D eigenvalue weighted by Crippen LogP contribution is 2.27. The number of methoxy groups -OCH3 is 1. The van der Waals surface area contributed by atoms with Crippen LogP contribution in [0.4, 0.5) is 0 Å². The highest BCUT2D eigenvalue weighted by atomic mass is 32.2. The Morgan fingerprint density at radius 2 is 1.68 bits per heavy atom. The third-order valence-corrected chi connectivity index (χ3v) is 5.61. The molecule has 6 heteroatoms. The van der Waals surface area contributed by atoms with Crippen LogP contribution in [0, 0.1) is 0 Å². The molecule has 0 bridgehead atoms. The summed E-state index contributed by atoms with van der Waals surface area (Å²) in [6.45, 7) is 6.58. The van der Waals surface area contributed by atoms with Crippen LogP contribution in [0.15, 0.2) is 53.7 Å². The van der Waals surface area contributed by atoms with E-state index in [-0.39, 0.29) is 11.2 Å². The summed E-state index contributed by atoms with van der Waals surface area (Å²) in [5, 5.41) is 9.29. The molecule has 0 spiro atoms. The van der Waals surface area contributed by atoms with Gasteiger partial charge in [-0.05, 0) is 35.2 Å². The Hall–Kier alpha value is -2.60. The number of thioether (sulfide) groups is 1. The third kappa shape index (κ3) is 4.44. The second kappa shape index (κ2) is 8.19. The van der Waals surface area contributed by atoms with Crippen LogP contribution in [-0.4, -0.2) is 33.4 Å². The molecule has 0 saturated heterocycles. The molecule has 0 saturated carbocycles. The number of ketones is 1. The van der Waals surface area contributed by atoms with E-state index in [1.807, 2.05) is 11.6 Å². The van der Waals surface area contributed by atoms with Gasteiger partial charge in [0.25, 0.3) is 0 Å². The van der Waals surface area contributed by atoms with E-state index in [2.05, 4.69) is 55.2 Å². The number of carbonyl (C=O) groups excluding carboxylic acids is 1. The minimum atomic E-state index is 0.0479. The van der Waals surface area contributed by atoms with Crippen molar-refractivity contribution < 1.29 is 9.53 Å². The molecular formula is C22H25N3O2S. The quantitative estimate of drug-likeness (QED) is 0.445. The van der Waals surface area contributed by atoms with Crippen LogP contribution in [0.25, 0.3) is 11.4 Å². The molecule has 1 heterocycles. The summed E-state index contributed by atoms with van der Waals surface area (Å²) < 4.78 is 7.06. The van der Waals surface area contributed by atoms with Gasteiger partial charge in [0.05, 0.1) is 12.9 Å². The Balaban J connectivity index is 1.69. The Bertz CT molecular complexity index is 955. The Kier molecular flexibility index (Phi) is 5.89. The number of hydrogen-bond acceptors (Lipinski definition) is 5. The van der Waals surface area contributed by atoms with Crippen LogP contribution in [0.1, 0.15) is 36.7 Å². The molecule has 0 aliphatic rings. The molecule has 0 N–H and O–H groups in total. The summed E-state index contributed by atoms with van der Waals surface area (Å²) >= 11 is 1.39. The Morgan fingerprint density at radius 3 is 2.25 bits per heavy atom. The monoisotopic (exact) mass is 395 g/mol. The van der Waals surface area contributed by atoms with Gasteiger partial charge in [0.1, 0.15) is 5.75 Å². The van der Waals surface area contributed by atoms with E-state index in [4.69, 9.17) is 4.74 Å². The van der Waals surface area contributed by atoms with Gasteiger partial charge in [-0.3, -0.25) is 4.79 Å². The second-order valence-corrected chi connectivity index (χ2v) is 8.58. The summed E-state index contributed by atoms with van der Waals surface area (Å²) in [4.78, 5) is 12.4. The Labute approximate surface area is 170 Å². The standard InChI is InChI=1S/C22H25N3O2S/c1-22(2,3)17-10-6-16(7-11-17)20-23-24-21(25(20)4)28-14-19(26)15-8-12-18(27-5)13-9-15/h6-13H,14H2,1-5H3. The van der Waals surface area contributed by atoms with Gasteiger partial charge in [-0.25, -0.2) is 0 Å². The first-order valence-corrected chi connectivity index (χ1v) is 10.1. The maximum absolute atomic E-state index is 12.4. The molecule has 3 rings (SSSR count). The van der Waals surface area contributed by atoms with Crippen LogP contribution < -0.4 is 4.74 Å². The molecule has 0 aliphatic carbocycles. The fourth-order valence-corrected chi connectivity index (χ4v) is 3.61. The molecular weight excluding hydrogens is 370 g/mol. The fraction of sp³-hybridized carbons (Fsp3) is 0.318. The van der Waals surface area contributed by atoms with E-state index in [1.54, 1.807) is 31.4 Å². The van der Waals surface area contributed by atoms with Gasteiger partial charge in [0.2, 0.25) is 0 Å². The van der Waals surface area contributed by atoms with E-state index in [0.29, 0.717) is 11.3 Å². The lowest BCUT2D eigenvalue weighted by Gasteiger charge is -2.19. The maximum atomic E-state index is 12.4. The van der Waals surface area contributed by atoms with Gasteiger partial charge < -0.3 is 9.30 Å². The number of rotatable bonds is 6. The molecule has 0 amide bonds. The highest BCUT2D eigenvalue weighted by Gasteiger charge is 2.16. The van der Waals surface area contributed by atoms with Crippen molar-refractivity contribution in [3.63, 3.8) is 0 Å².